The summed E-state index contributed by atoms with van der Waals surface area (Å²) in [6.07, 6.45) is 4.19. The van der Waals surface area contributed by atoms with Crippen LogP contribution in [0, 0.1) is 36.5 Å². The number of hydrogen-bond acceptors (Lipinski definition) is 7. The molecule has 0 spiro atoms. The van der Waals surface area contributed by atoms with Crippen LogP contribution in [0.1, 0.15) is 39.4 Å². The molecule has 0 atom stereocenters. The minimum Gasteiger partial charge on any atom is -0.497 e. The number of thiophene rings is 1. The van der Waals surface area contributed by atoms with Crippen LogP contribution in [0.2, 0.25) is 0 Å². The van der Waals surface area contributed by atoms with Crippen LogP contribution in [0.3, 0.4) is 0 Å². The molecule has 36 heavy (non-hydrogen) atoms. The van der Waals surface area contributed by atoms with Gasteiger partial charge in [-0.2, -0.15) is 10.5 Å². The van der Waals surface area contributed by atoms with Gasteiger partial charge in [-0.3, -0.25) is 4.79 Å². The van der Waals surface area contributed by atoms with E-state index in [1.807, 2.05) is 54.8 Å². The average molecular weight is 501 g/mol. The zero-order chi connectivity index (χ0) is 25.8. The zero-order valence-corrected chi connectivity index (χ0v) is 21.0. The molecule has 1 N–H and O–H groups in total. The smallest absolute Gasteiger partial charge is 0.349 e. The number of carbonyl (C=O) groups excluding carboxylic acids is 2. The Labute approximate surface area is 213 Å². The molecule has 2 aromatic heterocycles. The third-order valence-electron chi connectivity index (χ3n) is 6.06. The van der Waals surface area contributed by atoms with Gasteiger partial charge in [0.05, 0.1) is 12.7 Å². The van der Waals surface area contributed by atoms with Crippen molar-refractivity contribution < 1.29 is 19.1 Å². The molecule has 8 nitrogen and oxygen atoms in total. The lowest BCUT2D eigenvalue weighted by Gasteiger charge is -2.10. The fraction of sp³-hybridized carbons (Fsp3) is 0.259. The minimum atomic E-state index is -0.893. The second kappa shape index (κ2) is 10.5. The van der Waals surface area contributed by atoms with Gasteiger partial charge in [0.2, 0.25) is 0 Å². The Morgan fingerprint density at radius 2 is 1.94 bits per heavy atom. The molecule has 9 heteroatoms. The van der Waals surface area contributed by atoms with Crippen LogP contribution in [0.15, 0.2) is 35.9 Å². The van der Waals surface area contributed by atoms with Gasteiger partial charge in [-0.25, -0.2) is 4.79 Å². The van der Waals surface area contributed by atoms with Crippen LogP contribution in [0.4, 0.5) is 5.00 Å². The lowest BCUT2D eigenvalue weighted by Crippen LogP contribution is -2.21. The lowest BCUT2D eigenvalue weighted by atomic mass is 10.1. The van der Waals surface area contributed by atoms with Crippen molar-refractivity contribution in [1.82, 2.24) is 4.57 Å². The first-order chi connectivity index (χ1) is 17.4. The number of rotatable bonds is 7. The number of hydrogen-bond donors (Lipinski definition) is 1. The third kappa shape index (κ3) is 4.88. The van der Waals surface area contributed by atoms with Crippen LogP contribution < -0.4 is 10.1 Å². The Kier molecular flexibility index (Phi) is 7.23. The largest absolute Gasteiger partial charge is 0.497 e. The fourth-order valence-corrected chi connectivity index (χ4v) is 5.59. The van der Waals surface area contributed by atoms with Gasteiger partial charge < -0.3 is 19.4 Å². The number of methoxy groups -OCH3 is 1. The number of fused-ring (bicyclic) bond motifs is 1. The van der Waals surface area contributed by atoms with Crippen LogP contribution >= 0.6 is 11.3 Å². The summed E-state index contributed by atoms with van der Waals surface area (Å²) in [6.45, 7) is 3.26. The fourth-order valence-electron chi connectivity index (χ4n) is 4.34. The van der Waals surface area contributed by atoms with E-state index in [0.29, 0.717) is 16.1 Å². The molecule has 0 bridgehead atoms. The monoisotopic (exact) mass is 500 g/mol. The van der Waals surface area contributed by atoms with E-state index in [4.69, 9.17) is 9.47 Å². The summed E-state index contributed by atoms with van der Waals surface area (Å²) in [5.41, 5.74) is 4.63. The maximum atomic E-state index is 12.6. The quantitative estimate of drug-likeness (QED) is 0.288. The van der Waals surface area contributed by atoms with Crippen molar-refractivity contribution >= 4 is 34.3 Å². The maximum Gasteiger partial charge on any atom is 0.349 e. The summed E-state index contributed by atoms with van der Waals surface area (Å²) in [4.78, 5) is 26.0. The SMILES string of the molecule is COc1ccc(-n2c(C)cc(/C=C(/C#N)C(=O)OCC(=O)Nc3sc4c(c3C#N)CCC4)c2C)cc1. The highest BCUT2D eigenvalue weighted by Gasteiger charge is 2.23. The predicted molar refractivity (Wildman–Crippen MR) is 136 cm³/mol. The number of esters is 1. The predicted octanol–water partition coefficient (Wildman–Crippen LogP) is 4.61. The van der Waals surface area contributed by atoms with Crippen LogP contribution in [-0.4, -0.2) is 30.2 Å². The number of carbonyl (C=O) groups is 2. The Bertz CT molecular complexity index is 1450. The third-order valence-corrected chi connectivity index (χ3v) is 7.27. The number of ether oxygens (including phenoxy) is 2. The van der Waals surface area contributed by atoms with Crippen molar-refractivity contribution in [2.75, 3.05) is 19.0 Å². The first-order valence-electron chi connectivity index (χ1n) is 11.3. The number of aryl methyl sites for hydroxylation is 2. The second-order valence-electron chi connectivity index (χ2n) is 8.33. The first kappa shape index (κ1) is 24.8. The molecular weight excluding hydrogens is 476 g/mol. The van der Waals surface area contributed by atoms with Crippen LogP contribution in [0.25, 0.3) is 11.8 Å². The molecule has 1 aliphatic carbocycles. The van der Waals surface area contributed by atoms with Gasteiger partial charge in [-0.15, -0.1) is 11.3 Å². The number of nitrogens with zero attached hydrogens (tertiary/aromatic N) is 3. The molecule has 1 aliphatic rings. The van der Waals surface area contributed by atoms with Crippen LogP contribution in [-0.2, 0) is 27.2 Å². The summed E-state index contributed by atoms with van der Waals surface area (Å²) in [6, 6.07) is 13.5. The molecule has 3 aromatic rings. The molecule has 0 aliphatic heterocycles. The number of nitrogens with one attached hydrogen (secondary N) is 1. The number of benzene rings is 1. The number of nitriles is 2. The Morgan fingerprint density at radius 1 is 1.19 bits per heavy atom. The van der Waals surface area contributed by atoms with Crippen LogP contribution in [0.5, 0.6) is 5.75 Å². The first-order valence-corrected chi connectivity index (χ1v) is 12.1. The topological polar surface area (TPSA) is 117 Å². The molecular formula is C27H24N4O4S. The molecule has 0 saturated carbocycles. The molecule has 1 aromatic carbocycles. The van der Waals surface area contributed by atoms with Crippen molar-refractivity contribution in [1.29, 1.82) is 10.5 Å². The van der Waals surface area contributed by atoms with Gasteiger partial charge in [-0.1, -0.05) is 0 Å². The molecule has 0 unspecified atom stereocenters. The molecule has 182 valence electrons. The van der Waals surface area contributed by atoms with Gasteiger partial charge in [0, 0.05) is 22.0 Å². The van der Waals surface area contributed by atoms with Gasteiger partial charge in [0.25, 0.3) is 5.91 Å². The average Bonchev–Trinajstić information content (AvgIpc) is 3.53. The van der Waals surface area contributed by atoms with Crippen molar-refractivity contribution in [3.05, 3.63) is 68.9 Å². The molecule has 0 radical (unpaired) electrons. The normalized spacial score (nSPS) is 12.4. The molecule has 2 heterocycles. The molecule has 1 amide bonds. The number of amides is 1. The second-order valence-corrected chi connectivity index (χ2v) is 9.43. The van der Waals surface area contributed by atoms with E-state index < -0.39 is 18.5 Å². The minimum absolute atomic E-state index is 0.217. The van der Waals surface area contributed by atoms with E-state index in [1.54, 1.807) is 7.11 Å². The highest BCUT2D eigenvalue weighted by atomic mass is 32.1. The Morgan fingerprint density at radius 3 is 2.61 bits per heavy atom. The van der Waals surface area contributed by atoms with E-state index in [-0.39, 0.29) is 5.57 Å². The summed E-state index contributed by atoms with van der Waals surface area (Å²) in [5.74, 6) is -0.710. The standard InChI is InChI=1S/C27H24N4O4S/c1-16-11-18(17(2)31(16)20-7-9-21(34-3)10-8-20)12-19(13-28)27(33)35-15-25(32)30-26-23(14-29)22-5-4-6-24(22)36-26/h7-12H,4-6,15H2,1-3H3,(H,30,32)/b19-12-. The van der Waals surface area contributed by atoms with Gasteiger partial charge in [0.1, 0.15) is 28.5 Å². The summed E-state index contributed by atoms with van der Waals surface area (Å²) < 4.78 is 12.3. The Hall–Kier alpha value is -4.34. The van der Waals surface area contributed by atoms with E-state index in [0.717, 1.165) is 52.5 Å². The lowest BCUT2D eigenvalue weighted by molar-refractivity contribution is -0.142. The zero-order valence-electron chi connectivity index (χ0n) is 20.2. The maximum absolute atomic E-state index is 12.6. The molecule has 4 rings (SSSR count). The molecule has 0 fully saturated rings. The summed E-state index contributed by atoms with van der Waals surface area (Å²) in [5, 5.41) is 22.2. The van der Waals surface area contributed by atoms with Crippen molar-refractivity contribution in [3.8, 4) is 23.6 Å². The van der Waals surface area contributed by atoms with E-state index in [1.165, 1.54) is 17.4 Å². The van der Waals surface area contributed by atoms with E-state index in [2.05, 4.69) is 11.4 Å². The van der Waals surface area contributed by atoms with Gasteiger partial charge >= 0.3 is 5.97 Å². The van der Waals surface area contributed by atoms with E-state index in [9.17, 15) is 20.1 Å². The number of anilines is 1. The van der Waals surface area contributed by atoms with Gasteiger partial charge in [0.15, 0.2) is 6.61 Å². The highest BCUT2D eigenvalue weighted by Crippen LogP contribution is 2.38. The number of aromatic nitrogens is 1. The van der Waals surface area contributed by atoms with Crippen molar-refractivity contribution in [2.24, 2.45) is 0 Å². The van der Waals surface area contributed by atoms with Crippen molar-refractivity contribution in [2.45, 2.75) is 33.1 Å². The highest BCUT2D eigenvalue weighted by molar-refractivity contribution is 7.16. The summed E-state index contributed by atoms with van der Waals surface area (Å²) in [7, 11) is 1.60. The summed E-state index contributed by atoms with van der Waals surface area (Å²) >= 11 is 1.39. The van der Waals surface area contributed by atoms with Gasteiger partial charge in [-0.05, 0) is 80.6 Å². The van der Waals surface area contributed by atoms with Crippen molar-refractivity contribution in [3.63, 3.8) is 0 Å². The Balaban J connectivity index is 1.45. The van der Waals surface area contributed by atoms with E-state index >= 15 is 0 Å². The molecule has 0 saturated heterocycles.